The van der Waals surface area contributed by atoms with Crippen molar-refractivity contribution in [3.8, 4) is 0 Å². The second kappa shape index (κ2) is 5.46. The summed E-state index contributed by atoms with van der Waals surface area (Å²) < 4.78 is 11.4. The van der Waals surface area contributed by atoms with Crippen LogP contribution in [0.1, 0.15) is 57.6 Å². The molecule has 25 heavy (non-hydrogen) atoms. The number of rotatable bonds is 2. The van der Waals surface area contributed by atoms with Crippen LogP contribution in [0.15, 0.2) is 38.7 Å². The van der Waals surface area contributed by atoms with Crippen molar-refractivity contribution in [2.24, 2.45) is 0 Å². The maximum atomic E-state index is 12.6. The van der Waals surface area contributed by atoms with Gasteiger partial charge in [0.1, 0.15) is 11.5 Å². The first-order chi connectivity index (χ1) is 11.8. The highest BCUT2D eigenvalue weighted by atomic mass is 35.5. The molecular formula is C20H15ClO4. The van der Waals surface area contributed by atoms with E-state index in [1.54, 1.807) is 25.1 Å². The van der Waals surface area contributed by atoms with Crippen LogP contribution in [0, 0.1) is 6.92 Å². The molecule has 1 aliphatic rings. The molecule has 3 aromatic rings. The molecule has 0 unspecified atom stereocenters. The van der Waals surface area contributed by atoms with Crippen molar-refractivity contribution in [3.05, 3.63) is 63.1 Å². The molecule has 0 fully saturated rings. The third kappa shape index (κ3) is 2.45. The predicted octanol–water partition coefficient (Wildman–Crippen LogP) is 5.57. The molecule has 5 heteroatoms. The van der Waals surface area contributed by atoms with E-state index in [4.69, 9.17) is 20.4 Å². The minimum absolute atomic E-state index is 0.0807. The molecule has 0 saturated heterocycles. The summed E-state index contributed by atoms with van der Waals surface area (Å²) in [7, 11) is 0. The van der Waals surface area contributed by atoms with Gasteiger partial charge >= 0.3 is 0 Å². The number of fused-ring (bicyclic) bond motifs is 2. The average molecular weight is 355 g/mol. The summed E-state index contributed by atoms with van der Waals surface area (Å²) in [5.74, 6) is 0.855. The highest BCUT2D eigenvalue weighted by Gasteiger charge is 2.34. The van der Waals surface area contributed by atoms with Gasteiger partial charge in [0.15, 0.2) is 22.7 Å². The molecule has 0 aliphatic heterocycles. The zero-order valence-electron chi connectivity index (χ0n) is 14.0. The van der Waals surface area contributed by atoms with E-state index >= 15 is 0 Å². The van der Waals surface area contributed by atoms with Crippen molar-refractivity contribution in [1.82, 2.24) is 0 Å². The molecule has 1 aliphatic carbocycles. The minimum Gasteiger partial charge on any atom is -0.457 e. The van der Waals surface area contributed by atoms with E-state index < -0.39 is 0 Å². The lowest BCUT2D eigenvalue weighted by Gasteiger charge is -2.00. The molecule has 2 aromatic heterocycles. The molecule has 0 bridgehead atoms. The Morgan fingerprint density at radius 2 is 1.60 bits per heavy atom. The van der Waals surface area contributed by atoms with Crippen molar-refractivity contribution < 1.29 is 18.4 Å². The van der Waals surface area contributed by atoms with Gasteiger partial charge in [-0.25, -0.2) is 0 Å². The number of hydrogen-bond acceptors (Lipinski definition) is 4. The van der Waals surface area contributed by atoms with Gasteiger partial charge in [0.25, 0.3) is 0 Å². The third-order valence-electron chi connectivity index (χ3n) is 4.38. The van der Waals surface area contributed by atoms with Crippen LogP contribution in [-0.2, 0) is 0 Å². The smallest absolute Gasteiger partial charge is 0.197 e. The number of carbonyl (C=O) groups excluding carboxylic acids is 2. The third-order valence-corrected chi connectivity index (χ3v) is 4.79. The van der Waals surface area contributed by atoms with Crippen molar-refractivity contribution in [2.45, 2.75) is 26.7 Å². The Morgan fingerprint density at radius 1 is 0.960 bits per heavy atom. The number of halogens is 1. The molecule has 0 radical (unpaired) electrons. The lowest BCUT2D eigenvalue weighted by Crippen LogP contribution is -1.99. The highest BCUT2D eigenvalue weighted by molar-refractivity contribution is 6.42. The van der Waals surface area contributed by atoms with Gasteiger partial charge in [-0.1, -0.05) is 25.4 Å². The Kier molecular flexibility index (Phi) is 3.48. The van der Waals surface area contributed by atoms with Crippen molar-refractivity contribution in [3.63, 3.8) is 0 Å². The van der Waals surface area contributed by atoms with Crippen LogP contribution in [0.2, 0.25) is 5.02 Å². The van der Waals surface area contributed by atoms with E-state index in [2.05, 4.69) is 0 Å². The average Bonchev–Trinajstić information content (AvgIpc) is 3.17. The summed E-state index contributed by atoms with van der Waals surface area (Å²) in [6, 6.07) is 6.73. The van der Waals surface area contributed by atoms with E-state index in [9.17, 15) is 9.59 Å². The fourth-order valence-corrected chi connectivity index (χ4v) is 3.12. The lowest BCUT2D eigenvalue weighted by molar-refractivity contribution is 0.0990. The molecule has 126 valence electrons. The first kappa shape index (κ1) is 15.9. The Hall–Kier alpha value is -2.59. The van der Waals surface area contributed by atoms with Crippen LogP contribution in [0.5, 0.6) is 0 Å². The molecule has 4 nitrogen and oxygen atoms in total. The number of allylic oxidation sites excluding steroid dienone is 1. The second-order valence-corrected chi connectivity index (χ2v) is 6.95. The monoisotopic (exact) mass is 354 g/mol. The van der Waals surface area contributed by atoms with Crippen LogP contribution in [0.3, 0.4) is 0 Å². The highest BCUT2D eigenvalue weighted by Crippen LogP contribution is 2.33. The van der Waals surface area contributed by atoms with Gasteiger partial charge in [-0.2, -0.15) is 0 Å². The van der Waals surface area contributed by atoms with Gasteiger partial charge in [0.05, 0.1) is 5.57 Å². The number of carbonyl (C=O) groups is 2. The van der Waals surface area contributed by atoms with E-state index in [1.165, 1.54) is 6.08 Å². The van der Waals surface area contributed by atoms with E-state index in [0.717, 1.165) is 11.3 Å². The molecule has 0 amide bonds. The van der Waals surface area contributed by atoms with Gasteiger partial charge in [-0.3, -0.25) is 9.59 Å². The van der Waals surface area contributed by atoms with Crippen LogP contribution in [-0.4, -0.2) is 11.6 Å². The molecule has 1 aromatic carbocycles. The summed E-state index contributed by atoms with van der Waals surface area (Å²) in [5, 5.41) is 0.470. The zero-order valence-corrected chi connectivity index (χ0v) is 14.7. The molecule has 2 heterocycles. The Balaban J connectivity index is 1.76. The molecule has 4 rings (SSSR count). The quantitative estimate of drug-likeness (QED) is 0.445. The van der Waals surface area contributed by atoms with Crippen LogP contribution < -0.4 is 0 Å². The molecular weight excluding hydrogens is 340 g/mol. The number of furan rings is 2. The first-order valence-corrected chi connectivity index (χ1v) is 8.37. The molecule has 0 atom stereocenters. The Morgan fingerprint density at radius 3 is 2.24 bits per heavy atom. The number of aryl methyl sites for hydroxylation is 1. The zero-order chi connectivity index (χ0) is 17.9. The standard InChI is InChI=1S/C20H15ClO4/c1-9(2)16-8-18-17(25-16)6-11(24-18)5-14-19(22)12-4-10(3)15(21)7-13(12)20(14)23/h4-9H,1-3H3/b14-5-. The number of Topliss-reactive ketones (excluding diaryl/α,β-unsaturated/α-hetero) is 2. The number of benzene rings is 1. The second-order valence-electron chi connectivity index (χ2n) is 6.54. The predicted molar refractivity (Wildman–Crippen MR) is 95.4 cm³/mol. The summed E-state index contributed by atoms with van der Waals surface area (Å²) in [4.78, 5) is 25.1. The van der Waals surface area contributed by atoms with Crippen LogP contribution >= 0.6 is 11.6 Å². The lowest BCUT2D eigenvalue weighted by atomic mass is 10.1. The van der Waals surface area contributed by atoms with Gasteiger partial charge in [0.2, 0.25) is 0 Å². The van der Waals surface area contributed by atoms with E-state index in [-0.39, 0.29) is 23.1 Å². The van der Waals surface area contributed by atoms with Crippen molar-refractivity contribution in [1.29, 1.82) is 0 Å². The normalized spacial score (nSPS) is 15.8. The summed E-state index contributed by atoms with van der Waals surface area (Å²) in [6.45, 7) is 5.86. The Labute approximate surface area is 149 Å². The van der Waals surface area contributed by atoms with Gasteiger partial charge < -0.3 is 8.83 Å². The van der Waals surface area contributed by atoms with Crippen molar-refractivity contribution >= 4 is 40.4 Å². The fraction of sp³-hybridized carbons (Fsp3) is 0.200. The van der Waals surface area contributed by atoms with E-state index in [1.807, 2.05) is 19.9 Å². The summed E-state index contributed by atoms with van der Waals surface area (Å²) in [5.41, 5.74) is 2.77. The van der Waals surface area contributed by atoms with Gasteiger partial charge in [0, 0.05) is 34.2 Å². The molecule has 0 N–H and O–H groups in total. The SMILES string of the molecule is Cc1cc2c(cc1Cl)C(=O)/C(=C\c1cc3oc(C(C)C)cc3o1)C2=O. The Bertz CT molecular complexity index is 1000. The topological polar surface area (TPSA) is 60.4 Å². The van der Waals surface area contributed by atoms with E-state index in [0.29, 0.717) is 33.1 Å². The minimum atomic E-state index is -0.335. The summed E-state index contributed by atoms with van der Waals surface area (Å²) >= 11 is 6.08. The van der Waals surface area contributed by atoms with Crippen molar-refractivity contribution in [2.75, 3.05) is 0 Å². The first-order valence-electron chi connectivity index (χ1n) is 7.99. The van der Waals surface area contributed by atoms with Crippen LogP contribution in [0.25, 0.3) is 17.2 Å². The number of ketones is 2. The molecule has 0 spiro atoms. The fourth-order valence-electron chi connectivity index (χ4n) is 2.95. The van der Waals surface area contributed by atoms with Crippen LogP contribution in [0.4, 0.5) is 0 Å². The largest absolute Gasteiger partial charge is 0.457 e. The maximum absolute atomic E-state index is 12.6. The number of hydrogen-bond donors (Lipinski definition) is 0. The van der Waals surface area contributed by atoms with Gasteiger partial charge in [-0.05, 0) is 30.7 Å². The summed E-state index contributed by atoms with van der Waals surface area (Å²) in [6.07, 6.45) is 1.47. The van der Waals surface area contributed by atoms with Gasteiger partial charge in [-0.15, -0.1) is 0 Å². The molecule has 0 saturated carbocycles. The maximum Gasteiger partial charge on any atom is 0.197 e.